The molecule has 180 valence electrons. The molecule has 0 fully saturated rings. The Hall–Kier alpha value is -3.36. The number of halogens is 7. The summed E-state index contributed by atoms with van der Waals surface area (Å²) in [5.74, 6) is -5.49. The van der Waals surface area contributed by atoms with Crippen LogP contribution in [0.15, 0.2) is 42.5 Å². The third kappa shape index (κ3) is 8.59. The number of anilines is 2. The van der Waals surface area contributed by atoms with Gasteiger partial charge in [0.05, 0.1) is 4.92 Å². The minimum atomic E-state index is -4.72. The summed E-state index contributed by atoms with van der Waals surface area (Å²) < 4.78 is 97.4. The molecule has 0 bridgehead atoms. The standard InChI is InChI=1S/C18H14F7N3O4S/c19-15(20)17(21,22)8-31-13-5-11(6-14(7-13)32-9-18(23,24)25)27-16(33)26-10-2-1-3-12(4-10)28(29)30/h1-7,15H,8-9H2,(H2,26,27,33). The number of nitro groups is 1. The summed E-state index contributed by atoms with van der Waals surface area (Å²) >= 11 is 5.02. The van der Waals surface area contributed by atoms with Gasteiger partial charge in [0, 0.05) is 41.7 Å². The zero-order chi connectivity index (χ0) is 24.8. The largest absolute Gasteiger partial charge is 0.487 e. The molecule has 0 saturated carbocycles. The van der Waals surface area contributed by atoms with Crippen LogP contribution in [0.4, 0.5) is 47.8 Å². The van der Waals surface area contributed by atoms with Crippen molar-refractivity contribution in [3.63, 3.8) is 0 Å². The minimum Gasteiger partial charge on any atom is -0.487 e. The van der Waals surface area contributed by atoms with Crippen LogP contribution >= 0.6 is 12.2 Å². The highest BCUT2D eigenvalue weighted by Gasteiger charge is 2.41. The number of non-ortho nitro benzene ring substituents is 1. The normalized spacial score (nSPS) is 11.8. The van der Waals surface area contributed by atoms with E-state index in [1.54, 1.807) is 0 Å². The molecular weight excluding hydrogens is 487 g/mol. The van der Waals surface area contributed by atoms with Gasteiger partial charge in [0.2, 0.25) is 0 Å². The lowest BCUT2D eigenvalue weighted by Gasteiger charge is -2.18. The first kappa shape index (κ1) is 25.9. The highest BCUT2D eigenvalue weighted by molar-refractivity contribution is 7.80. The molecule has 0 aliphatic heterocycles. The zero-order valence-electron chi connectivity index (χ0n) is 16.2. The second kappa shape index (κ2) is 10.5. The Labute approximate surface area is 186 Å². The molecule has 2 aromatic rings. The van der Waals surface area contributed by atoms with Crippen LogP contribution in [0.5, 0.6) is 11.5 Å². The molecule has 7 nitrogen and oxygen atoms in total. The van der Waals surface area contributed by atoms with Gasteiger partial charge >= 0.3 is 18.5 Å². The molecule has 15 heteroatoms. The first-order valence-corrected chi connectivity index (χ1v) is 9.12. The van der Waals surface area contributed by atoms with Crippen LogP contribution in [0, 0.1) is 10.1 Å². The molecule has 0 aromatic heterocycles. The predicted octanol–water partition coefficient (Wildman–Crippen LogP) is 5.62. The van der Waals surface area contributed by atoms with Crippen molar-refractivity contribution in [3.8, 4) is 11.5 Å². The summed E-state index contributed by atoms with van der Waals surface area (Å²) in [6, 6.07) is 8.00. The van der Waals surface area contributed by atoms with Gasteiger partial charge in [-0.1, -0.05) is 6.07 Å². The number of hydrogen-bond donors (Lipinski definition) is 2. The fraction of sp³-hybridized carbons (Fsp3) is 0.278. The van der Waals surface area contributed by atoms with Gasteiger partial charge in [-0.25, -0.2) is 8.78 Å². The first-order valence-electron chi connectivity index (χ1n) is 8.71. The van der Waals surface area contributed by atoms with Gasteiger partial charge in [-0.2, -0.15) is 22.0 Å². The number of thiocarbonyl (C=S) groups is 1. The second-order valence-corrected chi connectivity index (χ2v) is 6.74. The average Bonchev–Trinajstić information content (AvgIpc) is 2.70. The molecule has 0 atom stereocenters. The molecule has 0 amide bonds. The van der Waals surface area contributed by atoms with Crippen LogP contribution in [0.2, 0.25) is 0 Å². The molecule has 0 aliphatic carbocycles. The Morgan fingerprint density at radius 1 is 0.970 bits per heavy atom. The zero-order valence-corrected chi connectivity index (χ0v) is 17.0. The third-order valence-electron chi connectivity index (χ3n) is 3.61. The van der Waals surface area contributed by atoms with Crippen LogP contribution in [0.25, 0.3) is 0 Å². The van der Waals surface area contributed by atoms with Gasteiger partial charge in [-0.05, 0) is 18.3 Å². The van der Waals surface area contributed by atoms with E-state index in [1.807, 2.05) is 0 Å². The fourth-order valence-electron chi connectivity index (χ4n) is 2.21. The van der Waals surface area contributed by atoms with Gasteiger partial charge in [0.1, 0.15) is 11.5 Å². The van der Waals surface area contributed by atoms with Gasteiger partial charge in [-0.3, -0.25) is 10.1 Å². The number of nitrogens with zero attached hydrogens (tertiary/aromatic N) is 1. The number of nitro benzene ring substituents is 1. The molecular formula is C18H14F7N3O4S. The van der Waals surface area contributed by atoms with E-state index >= 15 is 0 Å². The monoisotopic (exact) mass is 501 g/mol. The molecule has 0 heterocycles. The SMILES string of the molecule is O=[N+]([O-])c1cccc(NC(=S)Nc2cc(OCC(F)(F)F)cc(OCC(F)(F)C(F)F)c2)c1. The molecule has 0 unspecified atom stereocenters. The van der Waals surface area contributed by atoms with Gasteiger partial charge in [0.15, 0.2) is 18.3 Å². The third-order valence-corrected chi connectivity index (χ3v) is 3.81. The second-order valence-electron chi connectivity index (χ2n) is 6.33. The Bertz CT molecular complexity index is 1010. The van der Waals surface area contributed by atoms with Crippen molar-refractivity contribution in [3.05, 3.63) is 52.6 Å². The lowest BCUT2D eigenvalue weighted by Crippen LogP contribution is -2.33. The van der Waals surface area contributed by atoms with Crippen molar-refractivity contribution in [2.75, 3.05) is 23.8 Å². The van der Waals surface area contributed by atoms with Crippen molar-refractivity contribution in [1.29, 1.82) is 0 Å². The summed E-state index contributed by atoms with van der Waals surface area (Å²) in [4.78, 5) is 10.2. The van der Waals surface area contributed by atoms with Crippen molar-refractivity contribution < 1.29 is 45.1 Å². The topological polar surface area (TPSA) is 85.7 Å². The van der Waals surface area contributed by atoms with E-state index in [2.05, 4.69) is 20.1 Å². The van der Waals surface area contributed by atoms with Crippen LogP contribution in [-0.4, -0.2) is 41.8 Å². The molecule has 33 heavy (non-hydrogen) atoms. The number of hydrogen-bond acceptors (Lipinski definition) is 5. The Balaban J connectivity index is 2.19. The van der Waals surface area contributed by atoms with Crippen molar-refractivity contribution in [2.24, 2.45) is 0 Å². The lowest BCUT2D eigenvalue weighted by atomic mass is 10.2. The summed E-state index contributed by atoms with van der Waals surface area (Å²) in [7, 11) is 0. The van der Waals surface area contributed by atoms with E-state index in [0.717, 1.165) is 24.3 Å². The summed E-state index contributed by atoms with van der Waals surface area (Å²) in [6.45, 7) is -3.47. The van der Waals surface area contributed by atoms with Crippen LogP contribution < -0.4 is 20.1 Å². The Kier molecular flexibility index (Phi) is 8.24. The van der Waals surface area contributed by atoms with E-state index in [0.29, 0.717) is 0 Å². The maximum absolute atomic E-state index is 13.1. The average molecular weight is 501 g/mol. The lowest BCUT2D eigenvalue weighted by molar-refractivity contribution is -0.384. The summed E-state index contributed by atoms with van der Waals surface area (Å²) in [5.41, 5.74) is -0.159. The molecule has 0 saturated heterocycles. The number of rotatable bonds is 9. The number of benzene rings is 2. The van der Waals surface area contributed by atoms with Crippen LogP contribution in [0.1, 0.15) is 0 Å². The maximum atomic E-state index is 13.1. The number of alkyl halides is 7. The molecule has 0 radical (unpaired) electrons. The smallest absolute Gasteiger partial charge is 0.422 e. The van der Waals surface area contributed by atoms with Gasteiger partial charge < -0.3 is 20.1 Å². The molecule has 0 aliphatic rings. The van der Waals surface area contributed by atoms with E-state index < -0.39 is 48.2 Å². The first-order chi connectivity index (χ1) is 15.2. The van der Waals surface area contributed by atoms with Gasteiger partial charge in [0.25, 0.3) is 5.69 Å². The summed E-state index contributed by atoms with van der Waals surface area (Å²) in [6.07, 6.45) is -8.74. The molecule has 0 spiro atoms. The Morgan fingerprint density at radius 2 is 1.55 bits per heavy atom. The highest BCUT2D eigenvalue weighted by Crippen LogP contribution is 2.30. The molecule has 2 aromatic carbocycles. The molecule has 2 N–H and O–H groups in total. The summed E-state index contributed by atoms with van der Waals surface area (Å²) in [5, 5.41) is 15.7. The predicted molar refractivity (Wildman–Crippen MR) is 107 cm³/mol. The highest BCUT2D eigenvalue weighted by atomic mass is 32.1. The quantitative estimate of drug-likeness (QED) is 0.200. The maximum Gasteiger partial charge on any atom is 0.422 e. The minimum absolute atomic E-state index is 0.104. The Morgan fingerprint density at radius 3 is 2.09 bits per heavy atom. The fourth-order valence-corrected chi connectivity index (χ4v) is 2.44. The van der Waals surface area contributed by atoms with E-state index in [1.165, 1.54) is 18.2 Å². The molecule has 2 rings (SSSR count). The van der Waals surface area contributed by atoms with Crippen LogP contribution in [-0.2, 0) is 0 Å². The van der Waals surface area contributed by atoms with Gasteiger partial charge in [-0.15, -0.1) is 0 Å². The van der Waals surface area contributed by atoms with E-state index in [-0.39, 0.29) is 22.2 Å². The number of ether oxygens (including phenoxy) is 2. The van der Waals surface area contributed by atoms with Crippen molar-refractivity contribution >= 4 is 34.4 Å². The van der Waals surface area contributed by atoms with E-state index in [9.17, 15) is 40.8 Å². The van der Waals surface area contributed by atoms with Crippen molar-refractivity contribution in [1.82, 2.24) is 0 Å². The number of nitrogens with one attached hydrogen (secondary N) is 2. The van der Waals surface area contributed by atoms with Crippen molar-refractivity contribution in [2.45, 2.75) is 18.5 Å². The van der Waals surface area contributed by atoms with E-state index in [4.69, 9.17) is 12.2 Å². The van der Waals surface area contributed by atoms with Crippen LogP contribution in [0.3, 0.4) is 0 Å².